The summed E-state index contributed by atoms with van der Waals surface area (Å²) in [6.07, 6.45) is 0. The van der Waals surface area contributed by atoms with Crippen molar-refractivity contribution in [1.82, 2.24) is 0 Å². The first-order chi connectivity index (χ1) is 12.3. The lowest BCUT2D eigenvalue weighted by atomic mass is 10.1. The minimum Gasteiger partial charge on any atom is -0.350 e. The molecule has 0 radical (unpaired) electrons. The second kappa shape index (κ2) is 6.77. The average molecular weight is 369 g/mol. The van der Waals surface area contributed by atoms with Crippen LogP contribution in [0.3, 0.4) is 0 Å². The highest BCUT2D eigenvalue weighted by atomic mass is 35.5. The summed E-state index contributed by atoms with van der Waals surface area (Å²) < 4.78 is 0. The van der Waals surface area contributed by atoms with Crippen LogP contribution in [0.4, 0.5) is 11.4 Å². The predicted octanol–water partition coefficient (Wildman–Crippen LogP) is 3.94. The van der Waals surface area contributed by atoms with Crippen molar-refractivity contribution in [2.24, 2.45) is 0 Å². The molecule has 0 aromatic heterocycles. The molecular formula is C20H17ClN2O3. The monoisotopic (exact) mass is 368 g/mol. The van der Waals surface area contributed by atoms with Crippen molar-refractivity contribution >= 4 is 40.6 Å². The first-order valence-corrected chi connectivity index (χ1v) is 8.42. The molecule has 0 saturated carbocycles. The lowest BCUT2D eigenvalue weighted by molar-refractivity contribution is -0.120. The fourth-order valence-electron chi connectivity index (χ4n) is 2.74. The minimum atomic E-state index is -0.562. The Hall–Kier alpha value is -2.92. The summed E-state index contributed by atoms with van der Waals surface area (Å²) >= 11 is 6.14. The van der Waals surface area contributed by atoms with Gasteiger partial charge in [0.15, 0.2) is 5.78 Å². The smallest absolute Gasteiger partial charge is 0.283 e. The van der Waals surface area contributed by atoms with Gasteiger partial charge in [0.25, 0.3) is 11.8 Å². The van der Waals surface area contributed by atoms with Gasteiger partial charge in [-0.2, -0.15) is 0 Å². The zero-order valence-electron chi connectivity index (χ0n) is 14.6. The highest BCUT2D eigenvalue weighted by Crippen LogP contribution is 2.32. The molecule has 0 spiro atoms. The van der Waals surface area contributed by atoms with E-state index in [2.05, 4.69) is 5.32 Å². The molecule has 2 aromatic carbocycles. The van der Waals surface area contributed by atoms with Crippen molar-refractivity contribution in [3.05, 3.63) is 69.9 Å². The maximum atomic E-state index is 12.8. The standard InChI is InChI=1S/C20H17ClN2O3/c1-11-5-4-6-16(12(11)2)23-19(25)17(21)18(20(23)26)22-15-9-7-14(8-10-15)13(3)24/h4-10,22H,1-3H3. The SMILES string of the molecule is CC(=O)c1ccc(NC2=C(Cl)C(=O)N(c3cccc(C)c3C)C2=O)cc1. The van der Waals surface area contributed by atoms with Gasteiger partial charge >= 0.3 is 0 Å². The number of hydrogen-bond donors (Lipinski definition) is 1. The number of nitrogens with zero attached hydrogens (tertiary/aromatic N) is 1. The third kappa shape index (κ3) is 3.02. The minimum absolute atomic E-state index is 0.0214. The molecule has 1 aliphatic rings. The van der Waals surface area contributed by atoms with E-state index in [9.17, 15) is 14.4 Å². The van der Waals surface area contributed by atoms with Crippen LogP contribution in [-0.4, -0.2) is 17.6 Å². The van der Waals surface area contributed by atoms with Crippen molar-refractivity contribution in [3.8, 4) is 0 Å². The van der Waals surface area contributed by atoms with E-state index in [1.165, 1.54) is 6.92 Å². The molecule has 3 rings (SSSR count). The van der Waals surface area contributed by atoms with Crippen molar-refractivity contribution < 1.29 is 14.4 Å². The van der Waals surface area contributed by atoms with E-state index in [1.54, 1.807) is 36.4 Å². The molecule has 0 fully saturated rings. The summed E-state index contributed by atoms with van der Waals surface area (Å²) in [5.74, 6) is -1.13. The molecule has 1 heterocycles. The number of carbonyl (C=O) groups is 3. The van der Waals surface area contributed by atoms with Crippen LogP contribution in [0.15, 0.2) is 53.2 Å². The number of amides is 2. The molecule has 132 valence electrons. The molecule has 26 heavy (non-hydrogen) atoms. The Labute approximate surface area is 156 Å². The first kappa shape index (κ1) is 17.9. The van der Waals surface area contributed by atoms with Crippen LogP contribution in [0, 0.1) is 13.8 Å². The molecular weight excluding hydrogens is 352 g/mol. The molecule has 2 aromatic rings. The fraction of sp³-hybridized carbons (Fsp3) is 0.150. The topological polar surface area (TPSA) is 66.5 Å². The summed E-state index contributed by atoms with van der Waals surface area (Å²) in [4.78, 5) is 37.8. The summed E-state index contributed by atoms with van der Waals surface area (Å²) in [7, 11) is 0. The van der Waals surface area contributed by atoms with Gasteiger partial charge in [0.2, 0.25) is 0 Å². The van der Waals surface area contributed by atoms with E-state index >= 15 is 0 Å². The van der Waals surface area contributed by atoms with E-state index in [-0.39, 0.29) is 16.5 Å². The molecule has 6 heteroatoms. The van der Waals surface area contributed by atoms with Crippen molar-refractivity contribution in [1.29, 1.82) is 0 Å². The van der Waals surface area contributed by atoms with Crippen LogP contribution in [0.25, 0.3) is 0 Å². The fourth-order valence-corrected chi connectivity index (χ4v) is 2.95. The summed E-state index contributed by atoms with van der Waals surface area (Å²) in [5, 5.41) is 2.73. The zero-order chi connectivity index (χ0) is 19.0. The Morgan fingerprint density at radius 3 is 2.27 bits per heavy atom. The van der Waals surface area contributed by atoms with Crippen LogP contribution in [0.5, 0.6) is 0 Å². The van der Waals surface area contributed by atoms with Gasteiger partial charge < -0.3 is 5.32 Å². The number of nitrogens with one attached hydrogen (secondary N) is 1. The predicted molar refractivity (Wildman–Crippen MR) is 101 cm³/mol. The van der Waals surface area contributed by atoms with Gasteiger partial charge in [-0.3, -0.25) is 14.4 Å². The van der Waals surface area contributed by atoms with Gasteiger partial charge in [-0.05, 0) is 62.2 Å². The number of halogens is 1. The average Bonchev–Trinajstić information content (AvgIpc) is 2.82. The number of aryl methyl sites for hydroxylation is 1. The number of ketones is 1. The number of hydrogen-bond acceptors (Lipinski definition) is 4. The molecule has 1 N–H and O–H groups in total. The number of imide groups is 1. The summed E-state index contributed by atoms with van der Waals surface area (Å²) in [5.41, 5.74) is 3.47. The molecule has 0 aliphatic carbocycles. The van der Waals surface area contributed by atoms with Gasteiger partial charge in [0.05, 0.1) is 5.69 Å². The molecule has 0 bridgehead atoms. The third-order valence-corrected chi connectivity index (χ3v) is 4.76. The van der Waals surface area contributed by atoms with E-state index in [1.807, 2.05) is 19.9 Å². The highest BCUT2D eigenvalue weighted by molar-refractivity contribution is 6.53. The summed E-state index contributed by atoms with van der Waals surface area (Å²) in [6.45, 7) is 5.24. The van der Waals surface area contributed by atoms with E-state index in [4.69, 9.17) is 11.6 Å². The quantitative estimate of drug-likeness (QED) is 0.655. The first-order valence-electron chi connectivity index (χ1n) is 8.04. The van der Waals surface area contributed by atoms with E-state index < -0.39 is 11.8 Å². The Morgan fingerprint density at radius 1 is 1.00 bits per heavy atom. The summed E-state index contributed by atoms with van der Waals surface area (Å²) in [6, 6.07) is 12.0. The maximum absolute atomic E-state index is 12.8. The van der Waals surface area contributed by atoms with Crippen LogP contribution in [-0.2, 0) is 9.59 Å². The molecule has 5 nitrogen and oxygen atoms in total. The van der Waals surface area contributed by atoms with Gasteiger partial charge in [-0.1, -0.05) is 23.7 Å². The number of benzene rings is 2. The lowest BCUT2D eigenvalue weighted by Gasteiger charge is -2.18. The Morgan fingerprint density at radius 2 is 1.65 bits per heavy atom. The van der Waals surface area contributed by atoms with E-state index in [0.717, 1.165) is 16.0 Å². The largest absolute Gasteiger partial charge is 0.350 e. The second-order valence-electron chi connectivity index (χ2n) is 6.11. The molecule has 0 unspecified atom stereocenters. The number of Topliss-reactive ketones (excluding diaryl/α,β-unsaturated/α-hetero) is 1. The number of carbonyl (C=O) groups excluding carboxylic acids is 3. The number of rotatable bonds is 4. The van der Waals surface area contributed by atoms with Crippen LogP contribution >= 0.6 is 11.6 Å². The van der Waals surface area contributed by atoms with Gasteiger partial charge in [-0.15, -0.1) is 0 Å². The zero-order valence-corrected chi connectivity index (χ0v) is 15.3. The van der Waals surface area contributed by atoms with Crippen molar-refractivity contribution in [2.75, 3.05) is 10.2 Å². The van der Waals surface area contributed by atoms with Crippen LogP contribution in [0.1, 0.15) is 28.4 Å². The third-order valence-electron chi connectivity index (χ3n) is 4.41. The number of anilines is 2. The van der Waals surface area contributed by atoms with Crippen LogP contribution in [0.2, 0.25) is 0 Å². The molecule has 0 saturated heterocycles. The second-order valence-corrected chi connectivity index (χ2v) is 6.49. The Balaban J connectivity index is 1.91. The van der Waals surface area contributed by atoms with Gasteiger partial charge in [-0.25, -0.2) is 4.90 Å². The Kier molecular flexibility index (Phi) is 4.66. The van der Waals surface area contributed by atoms with Crippen molar-refractivity contribution in [2.45, 2.75) is 20.8 Å². The van der Waals surface area contributed by atoms with Crippen molar-refractivity contribution in [3.63, 3.8) is 0 Å². The Bertz CT molecular complexity index is 962. The van der Waals surface area contributed by atoms with E-state index in [0.29, 0.717) is 16.9 Å². The lowest BCUT2D eigenvalue weighted by Crippen LogP contribution is -2.33. The highest BCUT2D eigenvalue weighted by Gasteiger charge is 2.39. The van der Waals surface area contributed by atoms with Gasteiger partial charge in [0, 0.05) is 11.3 Å². The molecule has 0 atom stereocenters. The van der Waals surface area contributed by atoms with Gasteiger partial charge in [0.1, 0.15) is 10.7 Å². The van der Waals surface area contributed by atoms with Crippen LogP contribution < -0.4 is 10.2 Å². The normalized spacial score (nSPS) is 14.2. The maximum Gasteiger partial charge on any atom is 0.283 e. The molecule has 1 aliphatic heterocycles. The molecule has 2 amide bonds.